The Bertz CT molecular complexity index is 726. The first kappa shape index (κ1) is 11.5. The van der Waals surface area contributed by atoms with Gasteiger partial charge in [0.15, 0.2) is 5.75 Å². The Balaban J connectivity index is 2.01. The minimum atomic E-state index is -0.301. The summed E-state index contributed by atoms with van der Waals surface area (Å²) in [5, 5.41) is 1.83. The van der Waals surface area contributed by atoms with Crippen molar-refractivity contribution in [2.45, 2.75) is 0 Å². The van der Waals surface area contributed by atoms with Crippen LogP contribution < -0.4 is 10.5 Å². The van der Waals surface area contributed by atoms with E-state index in [0.717, 1.165) is 10.8 Å². The predicted octanol–water partition coefficient (Wildman–Crippen LogP) is 3.75. The topological polar surface area (TPSA) is 48.1 Å². The summed E-state index contributed by atoms with van der Waals surface area (Å²) < 4.78 is 18.5. The molecule has 3 nitrogen and oxygen atoms in total. The summed E-state index contributed by atoms with van der Waals surface area (Å²) in [6.07, 6.45) is 3.42. The van der Waals surface area contributed by atoms with Gasteiger partial charge in [-0.3, -0.25) is 4.98 Å². The molecular formula is C15H11FN2O. The summed E-state index contributed by atoms with van der Waals surface area (Å²) in [6.45, 7) is 0. The highest BCUT2D eigenvalue weighted by molar-refractivity contribution is 5.95. The number of hydrogen-bond acceptors (Lipinski definition) is 3. The van der Waals surface area contributed by atoms with E-state index in [0.29, 0.717) is 17.2 Å². The molecule has 3 aromatic rings. The van der Waals surface area contributed by atoms with Gasteiger partial charge in [-0.25, -0.2) is 4.39 Å². The van der Waals surface area contributed by atoms with Crippen LogP contribution in [-0.4, -0.2) is 4.98 Å². The van der Waals surface area contributed by atoms with Gasteiger partial charge in [-0.2, -0.15) is 0 Å². The molecule has 0 amide bonds. The first-order chi connectivity index (χ1) is 9.24. The van der Waals surface area contributed by atoms with Crippen molar-refractivity contribution in [1.29, 1.82) is 0 Å². The second-order valence-electron chi connectivity index (χ2n) is 4.13. The van der Waals surface area contributed by atoms with E-state index >= 15 is 0 Å². The second-order valence-corrected chi connectivity index (χ2v) is 4.13. The Labute approximate surface area is 109 Å². The van der Waals surface area contributed by atoms with Crippen LogP contribution >= 0.6 is 0 Å². The van der Waals surface area contributed by atoms with Crippen LogP contribution in [0.1, 0.15) is 0 Å². The predicted molar refractivity (Wildman–Crippen MR) is 72.6 cm³/mol. The zero-order chi connectivity index (χ0) is 13.2. The quantitative estimate of drug-likeness (QED) is 0.708. The normalized spacial score (nSPS) is 10.6. The largest absolute Gasteiger partial charge is 0.455 e. The van der Waals surface area contributed by atoms with Gasteiger partial charge in [0, 0.05) is 23.2 Å². The van der Waals surface area contributed by atoms with E-state index in [-0.39, 0.29) is 5.82 Å². The summed E-state index contributed by atoms with van der Waals surface area (Å²) in [6, 6.07) is 11.3. The van der Waals surface area contributed by atoms with E-state index in [2.05, 4.69) is 4.98 Å². The molecule has 1 heterocycles. The van der Waals surface area contributed by atoms with Crippen molar-refractivity contribution < 1.29 is 9.13 Å². The van der Waals surface area contributed by atoms with Gasteiger partial charge in [-0.05, 0) is 42.5 Å². The highest BCUT2D eigenvalue weighted by Gasteiger charge is 2.06. The van der Waals surface area contributed by atoms with Gasteiger partial charge in [-0.1, -0.05) is 0 Å². The van der Waals surface area contributed by atoms with Crippen LogP contribution in [0.15, 0.2) is 54.9 Å². The number of anilines is 1. The maximum absolute atomic E-state index is 12.8. The number of aromatic nitrogens is 1. The lowest BCUT2D eigenvalue weighted by Gasteiger charge is -2.10. The third kappa shape index (κ3) is 2.20. The van der Waals surface area contributed by atoms with Gasteiger partial charge in [-0.15, -0.1) is 0 Å². The Hall–Kier alpha value is -2.62. The van der Waals surface area contributed by atoms with Crippen molar-refractivity contribution in [3.8, 4) is 11.5 Å². The number of nitrogen functional groups attached to an aromatic ring is 1. The van der Waals surface area contributed by atoms with E-state index in [4.69, 9.17) is 10.5 Å². The molecule has 19 heavy (non-hydrogen) atoms. The van der Waals surface area contributed by atoms with Gasteiger partial charge in [0.2, 0.25) is 0 Å². The zero-order valence-corrected chi connectivity index (χ0v) is 10.0. The molecule has 0 saturated heterocycles. The minimum Gasteiger partial charge on any atom is -0.455 e. The lowest BCUT2D eigenvalue weighted by Crippen LogP contribution is -1.93. The number of halogens is 1. The van der Waals surface area contributed by atoms with E-state index in [1.165, 1.54) is 12.1 Å². The number of rotatable bonds is 2. The molecule has 0 aliphatic rings. The average Bonchev–Trinajstić information content (AvgIpc) is 2.45. The molecule has 0 aliphatic carbocycles. The molecule has 2 N–H and O–H groups in total. The third-order valence-corrected chi connectivity index (χ3v) is 2.86. The van der Waals surface area contributed by atoms with Crippen molar-refractivity contribution >= 4 is 16.5 Å². The fourth-order valence-electron chi connectivity index (χ4n) is 1.89. The molecule has 0 fully saturated rings. The number of hydrogen-bond donors (Lipinski definition) is 1. The molecule has 0 bridgehead atoms. The Morgan fingerprint density at radius 1 is 1.00 bits per heavy atom. The maximum atomic E-state index is 12.8. The first-order valence-electron chi connectivity index (χ1n) is 5.80. The molecule has 0 saturated carbocycles. The molecule has 1 aromatic heterocycles. The third-order valence-electron chi connectivity index (χ3n) is 2.86. The van der Waals surface area contributed by atoms with Gasteiger partial charge < -0.3 is 10.5 Å². The standard InChI is InChI=1S/C15H11FN2O/c16-11-2-4-12(5-3-11)19-14-6-1-10-9-18-8-7-13(10)15(14)17/h1-9H,17H2. The Kier molecular flexibility index (Phi) is 2.76. The highest BCUT2D eigenvalue weighted by atomic mass is 19.1. The van der Waals surface area contributed by atoms with Crippen LogP contribution in [0.3, 0.4) is 0 Å². The van der Waals surface area contributed by atoms with Crippen LogP contribution in [0.25, 0.3) is 10.8 Å². The molecule has 0 radical (unpaired) electrons. The Morgan fingerprint density at radius 3 is 2.58 bits per heavy atom. The van der Waals surface area contributed by atoms with Crippen LogP contribution in [0.4, 0.5) is 10.1 Å². The fraction of sp³-hybridized carbons (Fsp3) is 0. The molecule has 0 spiro atoms. The van der Waals surface area contributed by atoms with Crippen LogP contribution in [0.5, 0.6) is 11.5 Å². The monoisotopic (exact) mass is 254 g/mol. The summed E-state index contributed by atoms with van der Waals surface area (Å²) in [4.78, 5) is 4.04. The van der Waals surface area contributed by atoms with E-state index in [1.54, 1.807) is 30.6 Å². The average molecular weight is 254 g/mol. The van der Waals surface area contributed by atoms with Gasteiger partial charge in [0.25, 0.3) is 0 Å². The summed E-state index contributed by atoms with van der Waals surface area (Å²) in [5.41, 5.74) is 6.62. The van der Waals surface area contributed by atoms with Gasteiger partial charge >= 0.3 is 0 Å². The molecule has 0 aliphatic heterocycles. The van der Waals surface area contributed by atoms with E-state index in [1.807, 2.05) is 12.1 Å². The summed E-state index contributed by atoms with van der Waals surface area (Å²) in [7, 11) is 0. The van der Waals surface area contributed by atoms with Crippen LogP contribution in [0.2, 0.25) is 0 Å². The Morgan fingerprint density at radius 2 is 1.79 bits per heavy atom. The second kappa shape index (κ2) is 4.57. The van der Waals surface area contributed by atoms with Crippen LogP contribution in [0, 0.1) is 5.82 Å². The SMILES string of the molecule is Nc1c(Oc2ccc(F)cc2)ccc2cnccc12. The number of pyridine rings is 1. The van der Waals surface area contributed by atoms with Crippen molar-refractivity contribution in [2.24, 2.45) is 0 Å². The molecule has 4 heteroatoms. The summed E-state index contributed by atoms with van der Waals surface area (Å²) >= 11 is 0. The fourth-order valence-corrected chi connectivity index (χ4v) is 1.89. The lowest BCUT2D eigenvalue weighted by atomic mass is 10.1. The van der Waals surface area contributed by atoms with Crippen molar-refractivity contribution in [3.63, 3.8) is 0 Å². The lowest BCUT2D eigenvalue weighted by molar-refractivity contribution is 0.483. The first-order valence-corrected chi connectivity index (χ1v) is 5.80. The smallest absolute Gasteiger partial charge is 0.150 e. The van der Waals surface area contributed by atoms with E-state index < -0.39 is 0 Å². The van der Waals surface area contributed by atoms with Crippen molar-refractivity contribution in [3.05, 3.63) is 60.7 Å². The number of ether oxygens (including phenoxy) is 1. The maximum Gasteiger partial charge on any atom is 0.150 e. The molecular weight excluding hydrogens is 243 g/mol. The summed E-state index contributed by atoms with van der Waals surface area (Å²) in [5.74, 6) is 0.789. The van der Waals surface area contributed by atoms with Gasteiger partial charge in [0.05, 0.1) is 5.69 Å². The molecule has 0 atom stereocenters. The molecule has 2 aromatic carbocycles. The van der Waals surface area contributed by atoms with E-state index in [9.17, 15) is 4.39 Å². The molecule has 3 rings (SSSR count). The van der Waals surface area contributed by atoms with Crippen molar-refractivity contribution in [1.82, 2.24) is 4.98 Å². The molecule has 0 unspecified atom stereocenters. The van der Waals surface area contributed by atoms with Gasteiger partial charge in [0.1, 0.15) is 11.6 Å². The van der Waals surface area contributed by atoms with Crippen molar-refractivity contribution in [2.75, 3.05) is 5.73 Å². The molecule has 94 valence electrons. The zero-order valence-electron chi connectivity index (χ0n) is 10.0. The number of nitrogens with two attached hydrogens (primary N) is 1. The number of fused-ring (bicyclic) bond motifs is 1. The highest BCUT2D eigenvalue weighted by Crippen LogP contribution is 2.33. The number of nitrogens with zero attached hydrogens (tertiary/aromatic N) is 1. The van der Waals surface area contributed by atoms with Crippen LogP contribution in [-0.2, 0) is 0 Å². The number of benzene rings is 2. The minimum absolute atomic E-state index is 0.301.